The van der Waals surface area contributed by atoms with E-state index in [9.17, 15) is 4.79 Å². The van der Waals surface area contributed by atoms with Crippen LogP contribution in [0.25, 0.3) is 0 Å². The quantitative estimate of drug-likeness (QED) is 0.657. The van der Waals surface area contributed by atoms with Crippen LogP contribution in [0.15, 0.2) is 0 Å². The van der Waals surface area contributed by atoms with E-state index in [-0.39, 0.29) is 17.9 Å². The lowest BCUT2D eigenvalue weighted by molar-refractivity contribution is -0.125. The van der Waals surface area contributed by atoms with Crippen LogP contribution >= 0.6 is 0 Å². The predicted molar refractivity (Wildman–Crippen MR) is 60.0 cm³/mol. The molecule has 0 heterocycles. The summed E-state index contributed by atoms with van der Waals surface area (Å²) in [5, 5.41) is 3.01. The maximum atomic E-state index is 11.7. The van der Waals surface area contributed by atoms with Crippen molar-refractivity contribution in [1.29, 1.82) is 0 Å². The highest BCUT2D eigenvalue weighted by atomic mass is 16.1. The molecule has 1 atom stereocenters. The van der Waals surface area contributed by atoms with Gasteiger partial charge in [0.1, 0.15) is 0 Å². The Morgan fingerprint density at radius 1 is 1.29 bits per heavy atom. The number of nitrogens with one attached hydrogen (secondary N) is 1. The van der Waals surface area contributed by atoms with Crippen molar-refractivity contribution in [1.82, 2.24) is 5.32 Å². The van der Waals surface area contributed by atoms with Crippen LogP contribution in [0.2, 0.25) is 0 Å². The molecule has 0 aromatic heterocycles. The largest absolute Gasteiger partial charge is 0.352 e. The minimum Gasteiger partial charge on any atom is -0.352 e. The number of amides is 1. The Labute approximate surface area is 87.4 Å². The van der Waals surface area contributed by atoms with E-state index in [1.807, 2.05) is 13.8 Å². The highest BCUT2D eigenvalue weighted by Gasteiger charge is 2.16. The Morgan fingerprint density at radius 3 is 2.21 bits per heavy atom. The molecule has 0 bridgehead atoms. The summed E-state index contributed by atoms with van der Waals surface area (Å²) in [4.78, 5) is 11.7. The van der Waals surface area contributed by atoms with Gasteiger partial charge in [-0.2, -0.15) is 0 Å². The van der Waals surface area contributed by atoms with E-state index in [4.69, 9.17) is 5.73 Å². The van der Waals surface area contributed by atoms with Crippen LogP contribution in [-0.2, 0) is 4.79 Å². The number of nitrogens with two attached hydrogens (primary N) is 1. The van der Waals surface area contributed by atoms with Crippen molar-refractivity contribution >= 4 is 5.91 Å². The molecular formula is C11H24N2O. The first-order valence-corrected chi connectivity index (χ1v) is 5.69. The summed E-state index contributed by atoms with van der Waals surface area (Å²) >= 11 is 0. The van der Waals surface area contributed by atoms with Gasteiger partial charge >= 0.3 is 0 Å². The molecule has 0 rings (SSSR count). The van der Waals surface area contributed by atoms with Gasteiger partial charge in [0.2, 0.25) is 5.91 Å². The van der Waals surface area contributed by atoms with E-state index in [1.54, 1.807) is 0 Å². The summed E-state index contributed by atoms with van der Waals surface area (Å²) in [6.07, 6.45) is 3.85. The Balaban J connectivity index is 3.99. The predicted octanol–water partition coefficient (Wildman–Crippen LogP) is 1.67. The van der Waals surface area contributed by atoms with Crippen LogP contribution < -0.4 is 11.1 Å². The molecule has 0 aliphatic carbocycles. The second-order valence-corrected chi connectivity index (χ2v) is 3.74. The molecule has 3 nitrogen and oxygen atoms in total. The van der Waals surface area contributed by atoms with Gasteiger partial charge in [-0.3, -0.25) is 4.79 Å². The molecule has 0 saturated heterocycles. The normalized spacial score (nSPS) is 12.9. The molecule has 1 unspecified atom stereocenters. The van der Waals surface area contributed by atoms with Gasteiger partial charge in [-0.1, -0.05) is 27.2 Å². The zero-order valence-electron chi connectivity index (χ0n) is 9.68. The SMILES string of the molecule is CCCC(CN)NC(=O)C(CC)CC. The van der Waals surface area contributed by atoms with Crippen molar-refractivity contribution in [2.45, 2.75) is 52.5 Å². The number of hydrogen-bond donors (Lipinski definition) is 2. The standard InChI is InChI=1S/C11H24N2O/c1-4-7-10(8-12)13-11(14)9(5-2)6-3/h9-10H,4-8,12H2,1-3H3,(H,13,14). The van der Waals surface area contributed by atoms with Crippen LogP contribution in [0.1, 0.15) is 46.5 Å². The fourth-order valence-electron chi connectivity index (χ4n) is 1.58. The minimum atomic E-state index is 0.154. The lowest BCUT2D eigenvalue weighted by Crippen LogP contribution is -2.42. The van der Waals surface area contributed by atoms with E-state index in [1.165, 1.54) is 0 Å². The van der Waals surface area contributed by atoms with Crippen LogP contribution in [0.4, 0.5) is 0 Å². The number of carbonyl (C=O) groups excluding carboxylic acids is 1. The molecule has 0 radical (unpaired) electrons. The molecule has 0 saturated carbocycles. The smallest absolute Gasteiger partial charge is 0.223 e. The minimum absolute atomic E-state index is 0.154. The van der Waals surface area contributed by atoms with Gasteiger partial charge in [-0.05, 0) is 19.3 Å². The molecule has 0 spiro atoms. The van der Waals surface area contributed by atoms with Gasteiger partial charge in [0.25, 0.3) is 0 Å². The molecule has 1 amide bonds. The maximum absolute atomic E-state index is 11.7. The van der Waals surface area contributed by atoms with Gasteiger partial charge < -0.3 is 11.1 Å². The van der Waals surface area contributed by atoms with Crippen molar-refractivity contribution in [3.63, 3.8) is 0 Å². The van der Waals surface area contributed by atoms with Crippen LogP contribution in [0.5, 0.6) is 0 Å². The molecule has 3 heteroatoms. The van der Waals surface area contributed by atoms with Crippen molar-refractivity contribution in [2.24, 2.45) is 11.7 Å². The summed E-state index contributed by atoms with van der Waals surface area (Å²) in [5.41, 5.74) is 5.58. The Morgan fingerprint density at radius 2 is 1.86 bits per heavy atom. The van der Waals surface area contributed by atoms with Gasteiger partial charge in [-0.25, -0.2) is 0 Å². The van der Waals surface area contributed by atoms with Crippen molar-refractivity contribution in [2.75, 3.05) is 6.54 Å². The number of carbonyl (C=O) groups is 1. The van der Waals surface area contributed by atoms with Crippen molar-refractivity contribution in [3.8, 4) is 0 Å². The third kappa shape index (κ3) is 4.61. The molecular weight excluding hydrogens is 176 g/mol. The zero-order chi connectivity index (χ0) is 11.0. The van der Waals surface area contributed by atoms with Crippen LogP contribution in [-0.4, -0.2) is 18.5 Å². The maximum Gasteiger partial charge on any atom is 0.223 e. The fraction of sp³-hybridized carbons (Fsp3) is 0.909. The van der Waals surface area contributed by atoms with Crippen molar-refractivity contribution in [3.05, 3.63) is 0 Å². The summed E-state index contributed by atoms with van der Waals surface area (Å²) in [6, 6.07) is 0.160. The highest BCUT2D eigenvalue weighted by molar-refractivity contribution is 5.78. The first-order chi connectivity index (χ1) is 6.69. The third-order valence-corrected chi connectivity index (χ3v) is 2.62. The fourth-order valence-corrected chi connectivity index (χ4v) is 1.58. The van der Waals surface area contributed by atoms with Crippen LogP contribution in [0.3, 0.4) is 0 Å². The second kappa shape index (κ2) is 7.80. The average Bonchev–Trinajstić information content (AvgIpc) is 2.19. The lowest BCUT2D eigenvalue weighted by Gasteiger charge is -2.19. The summed E-state index contributed by atoms with van der Waals surface area (Å²) in [5.74, 6) is 0.319. The van der Waals surface area contributed by atoms with Crippen molar-refractivity contribution < 1.29 is 4.79 Å². The number of rotatable bonds is 7. The topological polar surface area (TPSA) is 55.1 Å². The first-order valence-electron chi connectivity index (χ1n) is 5.69. The Hall–Kier alpha value is -0.570. The summed E-state index contributed by atoms with van der Waals surface area (Å²) in [6.45, 7) is 6.74. The van der Waals surface area contributed by atoms with E-state index in [0.29, 0.717) is 6.54 Å². The van der Waals surface area contributed by atoms with E-state index >= 15 is 0 Å². The van der Waals surface area contributed by atoms with Crippen LogP contribution in [0, 0.1) is 5.92 Å². The molecule has 0 aromatic carbocycles. The second-order valence-electron chi connectivity index (χ2n) is 3.74. The average molecular weight is 200 g/mol. The molecule has 84 valence electrons. The van der Waals surface area contributed by atoms with Gasteiger partial charge in [0.15, 0.2) is 0 Å². The van der Waals surface area contributed by atoms with Gasteiger partial charge in [0, 0.05) is 18.5 Å². The number of hydrogen-bond acceptors (Lipinski definition) is 2. The molecule has 3 N–H and O–H groups in total. The van der Waals surface area contributed by atoms with E-state index < -0.39 is 0 Å². The first kappa shape index (κ1) is 13.4. The molecule has 14 heavy (non-hydrogen) atoms. The Bertz CT molecular complexity index is 155. The lowest BCUT2D eigenvalue weighted by atomic mass is 10.0. The highest BCUT2D eigenvalue weighted by Crippen LogP contribution is 2.08. The summed E-state index contributed by atoms with van der Waals surface area (Å²) in [7, 11) is 0. The third-order valence-electron chi connectivity index (χ3n) is 2.62. The summed E-state index contributed by atoms with van der Waals surface area (Å²) < 4.78 is 0. The van der Waals surface area contributed by atoms with Gasteiger partial charge in [-0.15, -0.1) is 0 Å². The Kier molecular flexibility index (Phi) is 7.48. The zero-order valence-corrected chi connectivity index (χ0v) is 9.68. The molecule has 0 fully saturated rings. The van der Waals surface area contributed by atoms with E-state index in [2.05, 4.69) is 12.2 Å². The monoisotopic (exact) mass is 200 g/mol. The molecule has 0 aliphatic heterocycles. The molecule has 0 aliphatic rings. The van der Waals surface area contributed by atoms with Gasteiger partial charge in [0.05, 0.1) is 0 Å². The van der Waals surface area contributed by atoms with E-state index in [0.717, 1.165) is 25.7 Å². The molecule has 0 aromatic rings.